The van der Waals surface area contributed by atoms with Crippen molar-refractivity contribution < 1.29 is 18.0 Å². The fourth-order valence-corrected chi connectivity index (χ4v) is 3.44. The molecule has 2 rings (SSSR count). The molecule has 1 atom stereocenters. The van der Waals surface area contributed by atoms with Gasteiger partial charge in [0.05, 0.1) is 17.2 Å². The molecule has 2 heterocycles. The van der Waals surface area contributed by atoms with E-state index in [1.165, 1.54) is 6.20 Å². The van der Waals surface area contributed by atoms with Crippen LogP contribution in [0.3, 0.4) is 0 Å². The molecule has 1 aliphatic rings. The predicted octanol–water partition coefficient (Wildman–Crippen LogP) is 0.400. The number of hydrogen-bond donors (Lipinski definition) is 1. The van der Waals surface area contributed by atoms with E-state index in [1.807, 2.05) is 0 Å². The average molecular weight is 342 g/mol. The first-order valence-corrected chi connectivity index (χ1v) is 9.14. The molecule has 0 bridgehead atoms. The van der Waals surface area contributed by atoms with Gasteiger partial charge in [-0.2, -0.15) is 5.10 Å². The lowest BCUT2D eigenvalue weighted by atomic mass is 9.95. The number of aromatic nitrogens is 2. The molecule has 1 saturated heterocycles. The summed E-state index contributed by atoms with van der Waals surface area (Å²) in [5.74, 6) is -0.442. The summed E-state index contributed by atoms with van der Waals surface area (Å²) in [7, 11) is -1.46. The van der Waals surface area contributed by atoms with Gasteiger partial charge >= 0.3 is 6.03 Å². The highest BCUT2D eigenvalue weighted by Gasteiger charge is 2.49. The molecule has 128 valence electrons. The third-order valence-corrected chi connectivity index (χ3v) is 6.38. The molecule has 1 aliphatic heterocycles. The van der Waals surface area contributed by atoms with Gasteiger partial charge in [0, 0.05) is 25.4 Å². The van der Waals surface area contributed by atoms with Gasteiger partial charge in [-0.05, 0) is 27.2 Å². The van der Waals surface area contributed by atoms with Crippen LogP contribution in [-0.2, 0) is 27.2 Å². The Morgan fingerprint density at radius 2 is 2.00 bits per heavy atom. The zero-order chi connectivity index (χ0) is 17.4. The molecular formula is C14H22N4O4S. The first-order chi connectivity index (χ1) is 10.6. The molecule has 1 aromatic heterocycles. The van der Waals surface area contributed by atoms with Crippen LogP contribution < -0.4 is 5.32 Å². The lowest BCUT2D eigenvalue weighted by molar-refractivity contribution is -0.131. The number of carbonyl (C=O) groups is 2. The number of nitrogens with zero attached hydrogens (tertiary/aromatic N) is 3. The number of nitrogens with one attached hydrogen (secondary N) is 1. The Hall–Kier alpha value is -1.90. The summed E-state index contributed by atoms with van der Waals surface area (Å²) < 4.78 is 25.2. The summed E-state index contributed by atoms with van der Waals surface area (Å²) in [4.78, 5) is 25.8. The van der Waals surface area contributed by atoms with Crippen molar-refractivity contribution >= 4 is 21.8 Å². The Kier molecular flexibility index (Phi) is 4.52. The molecule has 23 heavy (non-hydrogen) atoms. The van der Waals surface area contributed by atoms with Gasteiger partial charge in [-0.3, -0.25) is 14.4 Å². The highest BCUT2D eigenvalue weighted by Crippen LogP contribution is 2.28. The second kappa shape index (κ2) is 5.95. The molecular weight excluding hydrogens is 320 g/mol. The third kappa shape index (κ3) is 3.24. The molecule has 1 unspecified atom stereocenters. The van der Waals surface area contributed by atoms with Crippen molar-refractivity contribution in [2.75, 3.05) is 12.3 Å². The molecule has 0 aliphatic carbocycles. The van der Waals surface area contributed by atoms with Crippen LogP contribution in [0.1, 0.15) is 32.8 Å². The van der Waals surface area contributed by atoms with Gasteiger partial charge in [0.15, 0.2) is 9.84 Å². The van der Waals surface area contributed by atoms with Crippen LogP contribution in [0.15, 0.2) is 12.4 Å². The summed E-state index contributed by atoms with van der Waals surface area (Å²) >= 11 is 0. The standard InChI is InChI=1S/C14H22N4O4S/c1-10(2)23(21,22)7-5-6-18-12(19)14(3,16-13(18)20)11-8-15-17(4)9-11/h8-10H,5-7H2,1-4H3,(H,16,20). The molecule has 1 fully saturated rings. The van der Waals surface area contributed by atoms with Crippen molar-refractivity contribution in [1.82, 2.24) is 20.0 Å². The second-order valence-electron chi connectivity index (χ2n) is 6.18. The van der Waals surface area contributed by atoms with E-state index < -0.39 is 32.6 Å². The largest absolute Gasteiger partial charge is 0.325 e. The van der Waals surface area contributed by atoms with Crippen LogP contribution in [0.25, 0.3) is 0 Å². The number of rotatable bonds is 6. The molecule has 3 amide bonds. The van der Waals surface area contributed by atoms with E-state index >= 15 is 0 Å². The summed E-state index contributed by atoms with van der Waals surface area (Å²) in [5.41, 5.74) is -0.571. The smallest absolute Gasteiger partial charge is 0.319 e. The fourth-order valence-electron chi connectivity index (χ4n) is 2.43. The van der Waals surface area contributed by atoms with Crippen molar-refractivity contribution in [3.05, 3.63) is 18.0 Å². The number of aryl methyl sites for hydroxylation is 1. The van der Waals surface area contributed by atoms with Gasteiger partial charge in [0.1, 0.15) is 5.54 Å². The maximum Gasteiger partial charge on any atom is 0.325 e. The first-order valence-electron chi connectivity index (χ1n) is 7.43. The lowest BCUT2D eigenvalue weighted by Crippen LogP contribution is -2.40. The van der Waals surface area contributed by atoms with E-state index in [0.717, 1.165) is 4.90 Å². The number of hydrogen-bond acceptors (Lipinski definition) is 5. The predicted molar refractivity (Wildman–Crippen MR) is 84.3 cm³/mol. The number of sulfone groups is 1. The van der Waals surface area contributed by atoms with Gasteiger partial charge in [0.25, 0.3) is 5.91 Å². The molecule has 9 heteroatoms. The highest BCUT2D eigenvalue weighted by atomic mass is 32.2. The Labute approximate surface area is 135 Å². The van der Waals surface area contributed by atoms with E-state index in [1.54, 1.807) is 38.7 Å². The maximum absolute atomic E-state index is 12.6. The van der Waals surface area contributed by atoms with E-state index in [0.29, 0.717) is 5.56 Å². The molecule has 0 saturated carbocycles. The van der Waals surface area contributed by atoms with Gasteiger partial charge < -0.3 is 5.32 Å². The van der Waals surface area contributed by atoms with Crippen LogP contribution in [0, 0.1) is 0 Å². The van der Waals surface area contributed by atoms with E-state index in [2.05, 4.69) is 10.4 Å². The van der Waals surface area contributed by atoms with Crippen LogP contribution >= 0.6 is 0 Å². The monoisotopic (exact) mass is 342 g/mol. The van der Waals surface area contributed by atoms with E-state index in [9.17, 15) is 18.0 Å². The number of imide groups is 1. The van der Waals surface area contributed by atoms with Gasteiger partial charge in [0.2, 0.25) is 0 Å². The SMILES string of the molecule is CC(C)S(=O)(=O)CCCN1C(=O)NC(C)(c2cnn(C)c2)C1=O. The topological polar surface area (TPSA) is 101 Å². The Morgan fingerprint density at radius 3 is 2.52 bits per heavy atom. The quantitative estimate of drug-likeness (QED) is 0.754. The minimum atomic E-state index is -3.19. The number of amides is 3. The third-order valence-electron chi connectivity index (χ3n) is 4.09. The average Bonchev–Trinajstić information content (AvgIpc) is 2.97. The van der Waals surface area contributed by atoms with Crippen LogP contribution in [0.4, 0.5) is 4.79 Å². The van der Waals surface area contributed by atoms with E-state index in [4.69, 9.17) is 0 Å². The van der Waals surface area contributed by atoms with Crippen LogP contribution in [0.5, 0.6) is 0 Å². The summed E-state index contributed by atoms with van der Waals surface area (Å²) in [6.07, 6.45) is 3.43. The summed E-state index contributed by atoms with van der Waals surface area (Å²) in [6, 6.07) is -0.511. The Morgan fingerprint density at radius 1 is 1.35 bits per heavy atom. The molecule has 1 aromatic rings. The fraction of sp³-hybridized carbons (Fsp3) is 0.643. The molecule has 0 spiro atoms. The Bertz CT molecular complexity index is 725. The number of carbonyl (C=O) groups excluding carboxylic acids is 2. The number of urea groups is 1. The van der Waals surface area contributed by atoms with Crippen molar-refractivity contribution in [1.29, 1.82) is 0 Å². The molecule has 1 N–H and O–H groups in total. The summed E-state index contributed by atoms with van der Waals surface area (Å²) in [5, 5.41) is 6.22. The first kappa shape index (κ1) is 17.5. The van der Waals surface area contributed by atoms with Crippen molar-refractivity contribution in [2.24, 2.45) is 7.05 Å². The maximum atomic E-state index is 12.6. The van der Waals surface area contributed by atoms with Gasteiger partial charge in [-0.1, -0.05) is 0 Å². The highest BCUT2D eigenvalue weighted by molar-refractivity contribution is 7.91. The van der Waals surface area contributed by atoms with Crippen molar-refractivity contribution in [3.8, 4) is 0 Å². The molecule has 0 aromatic carbocycles. The van der Waals surface area contributed by atoms with Crippen molar-refractivity contribution in [2.45, 2.75) is 38.0 Å². The minimum absolute atomic E-state index is 0.0503. The van der Waals surface area contributed by atoms with Crippen molar-refractivity contribution in [3.63, 3.8) is 0 Å². The molecule has 8 nitrogen and oxygen atoms in total. The zero-order valence-corrected chi connectivity index (χ0v) is 14.6. The minimum Gasteiger partial charge on any atom is -0.319 e. The molecule has 0 radical (unpaired) electrons. The van der Waals surface area contributed by atoms with Crippen LogP contribution in [0.2, 0.25) is 0 Å². The zero-order valence-electron chi connectivity index (χ0n) is 13.7. The van der Waals surface area contributed by atoms with E-state index in [-0.39, 0.29) is 18.7 Å². The summed E-state index contributed by atoms with van der Waals surface area (Å²) in [6.45, 7) is 4.92. The normalized spacial score (nSPS) is 22.0. The Balaban J connectivity index is 2.08. The lowest BCUT2D eigenvalue weighted by Gasteiger charge is -2.20. The second-order valence-corrected chi connectivity index (χ2v) is 8.86. The van der Waals surface area contributed by atoms with Gasteiger partial charge in [-0.15, -0.1) is 0 Å². The van der Waals surface area contributed by atoms with Crippen LogP contribution in [-0.4, -0.2) is 52.6 Å². The van der Waals surface area contributed by atoms with Gasteiger partial charge in [-0.25, -0.2) is 13.2 Å².